The molecule has 1 fully saturated rings. The van der Waals surface area contributed by atoms with E-state index in [1.165, 1.54) is 0 Å². The fourth-order valence-electron chi connectivity index (χ4n) is 2.12. The number of aldehydes is 1. The van der Waals surface area contributed by atoms with Crippen LogP contribution in [-0.2, 0) is 10.2 Å². The molecule has 0 aromatic heterocycles. The maximum absolute atomic E-state index is 11.3. The first kappa shape index (κ1) is 15.3. The molecule has 90 valence electrons. The fraction of sp³-hybridized carbons (Fsp3) is 0.417. The van der Waals surface area contributed by atoms with Crippen molar-refractivity contribution in [3.63, 3.8) is 0 Å². The minimum absolute atomic E-state index is 0. The summed E-state index contributed by atoms with van der Waals surface area (Å²) < 4.78 is 0. The average Bonchev–Trinajstić information content (AvgIpc) is 2.31. The Labute approximate surface area is 106 Å². The van der Waals surface area contributed by atoms with Crippen LogP contribution in [0.3, 0.4) is 0 Å². The van der Waals surface area contributed by atoms with Gasteiger partial charge >= 0.3 is 0 Å². The van der Waals surface area contributed by atoms with E-state index in [0.717, 1.165) is 37.8 Å². The second-order valence-electron chi connectivity index (χ2n) is 3.89. The number of halogens is 1. The lowest BCUT2D eigenvalue weighted by Crippen LogP contribution is -2.40. The van der Waals surface area contributed by atoms with Crippen LogP contribution in [0.25, 0.3) is 0 Å². The summed E-state index contributed by atoms with van der Waals surface area (Å²) in [6.45, 7) is 1.88. The van der Waals surface area contributed by atoms with Crippen LogP contribution in [0.1, 0.15) is 18.4 Å². The molecule has 1 aromatic carbocycles. The maximum atomic E-state index is 11.3. The maximum Gasteiger partial charge on any atom is 0.130 e. The zero-order valence-corrected chi connectivity index (χ0v) is 10.8. The number of nitrogens with one attached hydrogen (secondary N) is 1. The molecule has 1 aromatic rings. The minimum Gasteiger partial charge on any atom is -0.412 e. The molecule has 3 N–H and O–H groups in total. The molecule has 0 amide bonds. The Morgan fingerprint density at radius 2 is 1.69 bits per heavy atom. The highest BCUT2D eigenvalue weighted by Crippen LogP contribution is 2.30. The van der Waals surface area contributed by atoms with Gasteiger partial charge in [0.15, 0.2) is 0 Å². The Morgan fingerprint density at radius 1 is 1.12 bits per heavy atom. The van der Waals surface area contributed by atoms with Gasteiger partial charge in [0.1, 0.15) is 6.29 Å². The van der Waals surface area contributed by atoms with Crippen molar-refractivity contribution in [1.29, 1.82) is 0 Å². The normalized spacial score (nSPS) is 17.8. The topological polar surface area (TPSA) is 60.6 Å². The lowest BCUT2D eigenvalue weighted by atomic mass is 9.74. The highest BCUT2D eigenvalue weighted by Gasteiger charge is 2.33. The third-order valence-electron chi connectivity index (χ3n) is 3.07. The molecule has 0 aliphatic carbocycles. The van der Waals surface area contributed by atoms with Crippen molar-refractivity contribution < 1.29 is 10.3 Å². The molecule has 4 heteroatoms. The van der Waals surface area contributed by atoms with E-state index in [1.807, 2.05) is 18.2 Å². The summed E-state index contributed by atoms with van der Waals surface area (Å²) in [6, 6.07) is 10.1. The van der Waals surface area contributed by atoms with E-state index in [1.54, 1.807) is 0 Å². The lowest BCUT2D eigenvalue weighted by Gasteiger charge is -2.32. The van der Waals surface area contributed by atoms with Gasteiger partial charge in [-0.15, -0.1) is 17.0 Å². The SMILES string of the molecule is Br.O.O=CC1(c2ccccc2)CCNCC1. The monoisotopic (exact) mass is 287 g/mol. The van der Waals surface area contributed by atoms with Gasteiger partial charge in [0.05, 0.1) is 5.41 Å². The number of benzene rings is 1. The molecule has 1 aliphatic heterocycles. The van der Waals surface area contributed by atoms with Crippen LogP contribution in [0.2, 0.25) is 0 Å². The Kier molecular flexibility index (Phi) is 6.48. The molecule has 2 rings (SSSR count). The van der Waals surface area contributed by atoms with E-state index in [9.17, 15) is 4.79 Å². The van der Waals surface area contributed by atoms with Crippen LogP contribution >= 0.6 is 17.0 Å². The summed E-state index contributed by atoms with van der Waals surface area (Å²) >= 11 is 0. The third kappa shape index (κ3) is 2.90. The van der Waals surface area contributed by atoms with E-state index in [2.05, 4.69) is 17.4 Å². The largest absolute Gasteiger partial charge is 0.412 e. The molecule has 0 spiro atoms. The van der Waals surface area contributed by atoms with Gasteiger partial charge in [-0.3, -0.25) is 0 Å². The number of carbonyl (C=O) groups excluding carboxylic acids is 1. The number of hydrogen-bond acceptors (Lipinski definition) is 2. The molecule has 16 heavy (non-hydrogen) atoms. The molecule has 1 aliphatic rings. The molecule has 1 saturated heterocycles. The Bertz CT molecular complexity index is 310. The average molecular weight is 288 g/mol. The van der Waals surface area contributed by atoms with Gasteiger partial charge in [0.25, 0.3) is 0 Å². The first-order chi connectivity index (χ1) is 6.87. The van der Waals surface area contributed by atoms with Crippen molar-refractivity contribution >= 4 is 23.3 Å². The zero-order valence-electron chi connectivity index (χ0n) is 9.11. The third-order valence-corrected chi connectivity index (χ3v) is 3.07. The Balaban J connectivity index is 0.00000112. The van der Waals surface area contributed by atoms with Crippen molar-refractivity contribution in [3.05, 3.63) is 35.9 Å². The van der Waals surface area contributed by atoms with E-state index in [-0.39, 0.29) is 27.9 Å². The van der Waals surface area contributed by atoms with Crippen LogP contribution in [0.5, 0.6) is 0 Å². The van der Waals surface area contributed by atoms with E-state index in [0.29, 0.717) is 0 Å². The molecule has 3 nitrogen and oxygen atoms in total. The van der Waals surface area contributed by atoms with Gasteiger partial charge in [-0.25, -0.2) is 0 Å². The highest BCUT2D eigenvalue weighted by atomic mass is 79.9. The molecule has 0 unspecified atom stereocenters. The lowest BCUT2D eigenvalue weighted by molar-refractivity contribution is -0.113. The van der Waals surface area contributed by atoms with Gasteiger partial charge in [-0.2, -0.15) is 0 Å². The molecule has 0 radical (unpaired) electrons. The quantitative estimate of drug-likeness (QED) is 0.833. The zero-order chi connectivity index (χ0) is 9.86. The van der Waals surface area contributed by atoms with Crippen LogP contribution < -0.4 is 5.32 Å². The molecule has 0 saturated carbocycles. The molecular formula is C12H18BrNO2. The summed E-state index contributed by atoms with van der Waals surface area (Å²) in [5.74, 6) is 0. The van der Waals surface area contributed by atoms with Crippen molar-refractivity contribution in [1.82, 2.24) is 5.32 Å². The molecule has 1 heterocycles. The van der Waals surface area contributed by atoms with E-state index in [4.69, 9.17) is 0 Å². The van der Waals surface area contributed by atoms with E-state index >= 15 is 0 Å². The molecular weight excluding hydrogens is 270 g/mol. The summed E-state index contributed by atoms with van der Waals surface area (Å²) in [5.41, 5.74) is 0.934. The number of piperidine rings is 1. The number of carbonyl (C=O) groups is 1. The van der Waals surface area contributed by atoms with Crippen molar-refractivity contribution in [3.8, 4) is 0 Å². The van der Waals surface area contributed by atoms with Crippen LogP contribution in [-0.4, -0.2) is 24.9 Å². The van der Waals surface area contributed by atoms with Gasteiger partial charge in [-0.05, 0) is 31.5 Å². The van der Waals surface area contributed by atoms with Gasteiger partial charge in [0.2, 0.25) is 0 Å². The number of hydrogen-bond donors (Lipinski definition) is 1. The smallest absolute Gasteiger partial charge is 0.130 e. The van der Waals surface area contributed by atoms with Crippen LogP contribution in [0.4, 0.5) is 0 Å². The highest BCUT2D eigenvalue weighted by molar-refractivity contribution is 8.93. The summed E-state index contributed by atoms with van der Waals surface area (Å²) in [7, 11) is 0. The van der Waals surface area contributed by atoms with Crippen LogP contribution in [0.15, 0.2) is 30.3 Å². The predicted molar refractivity (Wildman–Crippen MR) is 70.2 cm³/mol. The van der Waals surface area contributed by atoms with Gasteiger partial charge in [-0.1, -0.05) is 30.3 Å². The van der Waals surface area contributed by atoms with Crippen molar-refractivity contribution in [2.45, 2.75) is 18.3 Å². The first-order valence-corrected chi connectivity index (χ1v) is 5.10. The molecule has 0 atom stereocenters. The van der Waals surface area contributed by atoms with Crippen LogP contribution in [0, 0.1) is 0 Å². The van der Waals surface area contributed by atoms with Crippen molar-refractivity contribution in [2.24, 2.45) is 0 Å². The van der Waals surface area contributed by atoms with E-state index < -0.39 is 0 Å². The van der Waals surface area contributed by atoms with Gasteiger partial charge in [0, 0.05) is 0 Å². The summed E-state index contributed by atoms with van der Waals surface area (Å²) in [4.78, 5) is 11.3. The Hall–Kier alpha value is -0.710. The van der Waals surface area contributed by atoms with Gasteiger partial charge < -0.3 is 15.6 Å². The Morgan fingerprint density at radius 3 is 2.19 bits per heavy atom. The second kappa shape index (κ2) is 6.78. The minimum atomic E-state index is -0.230. The standard InChI is InChI=1S/C12H15NO.BrH.H2O/c14-10-12(6-8-13-9-7-12)11-4-2-1-3-5-11;;/h1-5,10,13H,6-9H2;1H;1H2. The second-order valence-corrected chi connectivity index (χ2v) is 3.89. The van der Waals surface area contributed by atoms with Crippen molar-refractivity contribution in [2.75, 3.05) is 13.1 Å². The molecule has 0 bridgehead atoms. The summed E-state index contributed by atoms with van der Waals surface area (Å²) in [5, 5.41) is 3.28. The first-order valence-electron chi connectivity index (χ1n) is 5.10. The number of rotatable bonds is 2. The predicted octanol–water partition coefficient (Wildman–Crippen LogP) is 1.26. The summed E-state index contributed by atoms with van der Waals surface area (Å²) in [6.07, 6.45) is 2.96. The fourth-order valence-corrected chi connectivity index (χ4v) is 2.12.